The number of hydrogen-bond donors (Lipinski definition) is 2. The number of carbonyl (C=O) groups excluding carboxylic acids is 1. The zero-order valence-electron chi connectivity index (χ0n) is 18.6. The summed E-state index contributed by atoms with van der Waals surface area (Å²) in [7, 11) is 0. The maximum Gasteiger partial charge on any atom is 0.255 e. The molecular formula is C27H30N2O3. The molecule has 1 atom stereocenters. The Balaban J connectivity index is 1.40. The Bertz CT molecular complexity index is 1030. The summed E-state index contributed by atoms with van der Waals surface area (Å²) >= 11 is 0. The van der Waals surface area contributed by atoms with Gasteiger partial charge in [0.25, 0.3) is 5.91 Å². The summed E-state index contributed by atoms with van der Waals surface area (Å²) in [4.78, 5) is 12.5. The molecule has 0 aliphatic carbocycles. The Hall–Kier alpha value is -3.31. The Morgan fingerprint density at radius 3 is 2.34 bits per heavy atom. The molecule has 0 saturated heterocycles. The number of amides is 1. The van der Waals surface area contributed by atoms with Crippen molar-refractivity contribution in [2.24, 2.45) is 5.92 Å². The fraction of sp³-hybridized carbons (Fsp3) is 0.296. The van der Waals surface area contributed by atoms with Gasteiger partial charge >= 0.3 is 0 Å². The van der Waals surface area contributed by atoms with Crippen LogP contribution < -0.4 is 20.1 Å². The number of para-hydroxylation sites is 1. The fourth-order valence-electron chi connectivity index (χ4n) is 3.84. The van der Waals surface area contributed by atoms with Gasteiger partial charge in [-0.1, -0.05) is 50.2 Å². The summed E-state index contributed by atoms with van der Waals surface area (Å²) in [5, 5.41) is 6.58. The monoisotopic (exact) mass is 430 g/mol. The zero-order valence-corrected chi connectivity index (χ0v) is 18.6. The van der Waals surface area contributed by atoms with Crippen molar-refractivity contribution in [1.82, 2.24) is 5.32 Å². The van der Waals surface area contributed by atoms with Gasteiger partial charge in [-0.25, -0.2) is 0 Å². The molecule has 0 saturated carbocycles. The zero-order chi connectivity index (χ0) is 22.3. The molecule has 0 bridgehead atoms. The van der Waals surface area contributed by atoms with E-state index in [2.05, 4.69) is 36.6 Å². The van der Waals surface area contributed by atoms with Gasteiger partial charge in [-0.15, -0.1) is 0 Å². The van der Waals surface area contributed by atoms with Crippen LogP contribution >= 0.6 is 0 Å². The number of carbonyl (C=O) groups is 1. The lowest BCUT2D eigenvalue weighted by Gasteiger charge is -2.24. The maximum atomic E-state index is 12.5. The number of benzene rings is 3. The largest absolute Gasteiger partial charge is 0.490 e. The van der Waals surface area contributed by atoms with Crippen molar-refractivity contribution in [3.05, 3.63) is 89.5 Å². The van der Waals surface area contributed by atoms with Crippen molar-refractivity contribution in [3.63, 3.8) is 0 Å². The summed E-state index contributed by atoms with van der Waals surface area (Å²) in [5.74, 6) is 1.93. The molecule has 166 valence electrons. The molecule has 0 spiro atoms. The molecule has 3 aromatic rings. The van der Waals surface area contributed by atoms with Gasteiger partial charge in [0.05, 0.1) is 13.2 Å². The van der Waals surface area contributed by atoms with Gasteiger partial charge in [-0.3, -0.25) is 4.79 Å². The summed E-state index contributed by atoms with van der Waals surface area (Å²) in [6, 6.07) is 23.6. The Morgan fingerprint density at radius 1 is 0.906 bits per heavy atom. The Morgan fingerprint density at radius 2 is 1.62 bits per heavy atom. The molecular weight excluding hydrogens is 400 g/mol. The maximum absolute atomic E-state index is 12.5. The third-order valence-electron chi connectivity index (χ3n) is 5.57. The summed E-state index contributed by atoms with van der Waals surface area (Å²) < 4.78 is 11.6. The lowest BCUT2D eigenvalue weighted by Crippen LogP contribution is -2.25. The van der Waals surface area contributed by atoms with E-state index in [1.165, 1.54) is 5.56 Å². The number of ether oxygens (including phenoxy) is 2. The van der Waals surface area contributed by atoms with E-state index in [0.717, 1.165) is 29.2 Å². The van der Waals surface area contributed by atoms with Gasteiger partial charge in [0.2, 0.25) is 0 Å². The van der Waals surface area contributed by atoms with Crippen LogP contribution in [-0.2, 0) is 6.54 Å². The van der Waals surface area contributed by atoms with Gasteiger partial charge in [0.15, 0.2) is 11.5 Å². The lowest BCUT2D eigenvalue weighted by atomic mass is 9.95. The first kappa shape index (κ1) is 21.9. The van der Waals surface area contributed by atoms with E-state index in [1.807, 2.05) is 60.7 Å². The highest BCUT2D eigenvalue weighted by Crippen LogP contribution is 2.34. The molecule has 3 aromatic carbocycles. The van der Waals surface area contributed by atoms with Crippen LogP contribution in [0.5, 0.6) is 11.5 Å². The van der Waals surface area contributed by atoms with Crippen molar-refractivity contribution in [2.75, 3.05) is 18.5 Å². The van der Waals surface area contributed by atoms with Crippen molar-refractivity contribution in [3.8, 4) is 11.5 Å². The third-order valence-corrected chi connectivity index (χ3v) is 5.57. The lowest BCUT2D eigenvalue weighted by molar-refractivity contribution is 0.102. The molecule has 1 amide bonds. The first-order chi connectivity index (χ1) is 15.6. The highest BCUT2D eigenvalue weighted by atomic mass is 16.5. The quantitative estimate of drug-likeness (QED) is 0.513. The standard InChI is InChI=1S/C27H30N2O3/c1-19(2)26(22-13-14-24-25(17-22)32-16-6-15-31-24)28-18-20-9-11-21(12-10-20)27(30)29-23-7-4-3-5-8-23/h3-5,7-14,17,19,26,28H,6,15-16,18H2,1-2H3,(H,29,30)/t26-/m1/s1. The molecule has 32 heavy (non-hydrogen) atoms. The van der Waals surface area contributed by atoms with Gasteiger partial charge in [-0.2, -0.15) is 0 Å². The summed E-state index contributed by atoms with van der Waals surface area (Å²) in [6.07, 6.45) is 0.898. The van der Waals surface area contributed by atoms with Crippen molar-refractivity contribution in [2.45, 2.75) is 32.9 Å². The molecule has 1 aliphatic rings. The molecule has 0 fully saturated rings. The Labute approximate surface area is 189 Å². The van der Waals surface area contributed by atoms with E-state index < -0.39 is 0 Å². The van der Waals surface area contributed by atoms with Crippen molar-refractivity contribution < 1.29 is 14.3 Å². The molecule has 5 heteroatoms. The van der Waals surface area contributed by atoms with Crippen LogP contribution in [0.4, 0.5) is 5.69 Å². The van der Waals surface area contributed by atoms with Crippen LogP contribution in [0.3, 0.4) is 0 Å². The highest BCUT2D eigenvalue weighted by Gasteiger charge is 2.19. The van der Waals surface area contributed by atoms with E-state index in [9.17, 15) is 4.79 Å². The second kappa shape index (κ2) is 10.3. The van der Waals surface area contributed by atoms with Crippen molar-refractivity contribution in [1.29, 1.82) is 0 Å². The smallest absolute Gasteiger partial charge is 0.255 e. The van der Waals surface area contributed by atoms with E-state index in [0.29, 0.717) is 31.2 Å². The number of hydrogen-bond acceptors (Lipinski definition) is 4. The summed E-state index contributed by atoms with van der Waals surface area (Å²) in [5.41, 5.74) is 3.74. The van der Waals surface area contributed by atoms with Crippen LogP contribution in [-0.4, -0.2) is 19.1 Å². The average Bonchev–Trinajstić information content (AvgIpc) is 3.05. The molecule has 0 unspecified atom stereocenters. The molecule has 0 radical (unpaired) electrons. The first-order valence-electron chi connectivity index (χ1n) is 11.2. The van der Waals surface area contributed by atoms with Gasteiger partial charge in [-0.05, 0) is 53.4 Å². The minimum atomic E-state index is -0.108. The fourth-order valence-corrected chi connectivity index (χ4v) is 3.84. The topological polar surface area (TPSA) is 59.6 Å². The third kappa shape index (κ3) is 5.48. The molecule has 1 aliphatic heterocycles. The number of fused-ring (bicyclic) bond motifs is 1. The predicted molar refractivity (Wildman–Crippen MR) is 127 cm³/mol. The second-order valence-electron chi connectivity index (χ2n) is 8.38. The predicted octanol–water partition coefficient (Wildman–Crippen LogP) is 5.59. The van der Waals surface area contributed by atoms with Gasteiger partial charge in [0, 0.05) is 30.3 Å². The minimum Gasteiger partial charge on any atom is -0.490 e. The minimum absolute atomic E-state index is 0.108. The highest BCUT2D eigenvalue weighted by molar-refractivity contribution is 6.04. The second-order valence-corrected chi connectivity index (χ2v) is 8.38. The average molecular weight is 431 g/mol. The number of anilines is 1. The molecule has 1 heterocycles. The number of rotatable bonds is 7. The van der Waals surface area contributed by atoms with Crippen molar-refractivity contribution >= 4 is 11.6 Å². The normalized spacial score (nSPS) is 14.0. The molecule has 5 nitrogen and oxygen atoms in total. The van der Waals surface area contributed by atoms with E-state index >= 15 is 0 Å². The first-order valence-corrected chi connectivity index (χ1v) is 11.2. The van der Waals surface area contributed by atoms with Crippen LogP contribution in [0.1, 0.15) is 47.8 Å². The molecule has 2 N–H and O–H groups in total. The number of nitrogens with one attached hydrogen (secondary N) is 2. The SMILES string of the molecule is CC(C)[C@@H](NCc1ccc(C(=O)Nc2ccccc2)cc1)c1ccc2c(c1)OCCCO2. The van der Waals surface area contributed by atoms with Gasteiger partial charge < -0.3 is 20.1 Å². The summed E-state index contributed by atoms with van der Waals surface area (Å²) in [6.45, 7) is 6.49. The van der Waals surface area contributed by atoms with Crippen LogP contribution in [0.15, 0.2) is 72.8 Å². The van der Waals surface area contributed by atoms with E-state index in [-0.39, 0.29) is 11.9 Å². The molecule has 4 rings (SSSR count). The van der Waals surface area contributed by atoms with Crippen LogP contribution in [0.25, 0.3) is 0 Å². The van der Waals surface area contributed by atoms with E-state index in [4.69, 9.17) is 9.47 Å². The molecule has 0 aromatic heterocycles. The Kier molecular flexibility index (Phi) is 7.07. The van der Waals surface area contributed by atoms with E-state index in [1.54, 1.807) is 0 Å². The van der Waals surface area contributed by atoms with Crippen LogP contribution in [0.2, 0.25) is 0 Å². The van der Waals surface area contributed by atoms with Gasteiger partial charge in [0.1, 0.15) is 0 Å². The van der Waals surface area contributed by atoms with Crippen LogP contribution in [0, 0.1) is 5.92 Å².